The fourth-order valence-corrected chi connectivity index (χ4v) is 3.03. The number of methoxy groups -OCH3 is 1. The van der Waals surface area contributed by atoms with Crippen LogP contribution in [0, 0.1) is 0 Å². The molecule has 0 N–H and O–H groups in total. The number of aldehydes is 1. The van der Waals surface area contributed by atoms with Gasteiger partial charge in [-0.15, -0.1) is 11.3 Å². The summed E-state index contributed by atoms with van der Waals surface area (Å²) in [5.74, 6) is 0.830. The monoisotopic (exact) mass is 309 g/mol. The number of carbonyl (C=O) groups is 1. The van der Waals surface area contributed by atoms with Crippen LogP contribution in [0.4, 0.5) is 0 Å². The van der Waals surface area contributed by atoms with Gasteiger partial charge in [0, 0.05) is 22.9 Å². The number of hydrogen-bond acceptors (Lipinski definition) is 4. The highest BCUT2D eigenvalue weighted by atomic mass is 32.1. The lowest BCUT2D eigenvalue weighted by atomic mass is 10.1. The van der Waals surface area contributed by atoms with E-state index < -0.39 is 0 Å². The van der Waals surface area contributed by atoms with Crippen LogP contribution in [0.1, 0.15) is 20.9 Å². The van der Waals surface area contributed by atoms with Crippen molar-refractivity contribution in [3.05, 3.63) is 70.0 Å². The van der Waals surface area contributed by atoms with E-state index >= 15 is 0 Å². The van der Waals surface area contributed by atoms with Gasteiger partial charge in [0.2, 0.25) is 0 Å². The maximum absolute atomic E-state index is 10.7. The van der Waals surface area contributed by atoms with Crippen LogP contribution in [-0.2, 0) is 6.42 Å². The Balaban J connectivity index is 1.79. The van der Waals surface area contributed by atoms with Gasteiger partial charge in [0.25, 0.3) is 0 Å². The van der Waals surface area contributed by atoms with Crippen LogP contribution >= 0.6 is 11.3 Å². The minimum atomic E-state index is 0.694. The van der Waals surface area contributed by atoms with Crippen LogP contribution in [0.2, 0.25) is 0 Å². The van der Waals surface area contributed by atoms with E-state index in [0.29, 0.717) is 5.56 Å². The minimum Gasteiger partial charge on any atom is -0.497 e. The Hall–Kier alpha value is -2.46. The largest absolute Gasteiger partial charge is 0.497 e. The predicted molar refractivity (Wildman–Crippen MR) is 88.7 cm³/mol. The molecule has 3 aromatic rings. The van der Waals surface area contributed by atoms with Gasteiger partial charge >= 0.3 is 0 Å². The molecule has 0 fully saturated rings. The van der Waals surface area contributed by atoms with Crippen molar-refractivity contribution in [3.63, 3.8) is 0 Å². The van der Waals surface area contributed by atoms with Crippen LogP contribution in [0.5, 0.6) is 5.75 Å². The number of rotatable bonds is 5. The molecule has 4 heteroatoms. The molecule has 0 radical (unpaired) electrons. The van der Waals surface area contributed by atoms with E-state index in [0.717, 1.165) is 40.3 Å². The molecule has 0 unspecified atom stereocenters. The highest BCUT2D eigenvalue weighted by Crippen LogP contribution is 2.26. The second-order valence-electron chi connectivity index (χ2n) is 4.89. The summed E-state index contributed by atoms with van der Waals surface area (Å²) < 4.78 is 5.25. The summed E-state index contributed by atoms with van der Waals surface area (Å²) in [6, 6.07) is 15.5. The van der Waals surface area contributed by atoms with Crippen LogP contribution in [0.25, 0.3) is 11.3 Å². The third kappa shape index (κ3) is 3.23. The van der Waals surface area contributed by atoms with Gasteiger partial charge < -0.3 is 4.74 Å². The zero-order valence-electron chi connectivity index (χ0n) is 12.2. The summed E-state index contributed by atoms with van der Waals surface area (Å²) in [5.41, 5.74) is 3.86. The molecule has 3 nitrogen and oxygen atoms in total. The van der Waals surface area contributed by atoms with Gasteiger partial charge in [0.15, 0.2) is 0 Å². The van der Waals surface area contributed by atoms with Crippen molar-refractivity contribution in [2.75, 3.05) is 7.11 Å². The summed E-state index contributed by atoms with van der Waals surface area (Å²) >= 11 is 1.64. The first-order valence-corrected chi connectivity index (χ1v) is 7.79. The maximum Gasteiger partial charge on any atom is 0.150 e. The van der Waals surface area contributed by atoms with E-state index in [4.69, 9.17) is 4.74 Å². The number of nitrogens with zero attached hydrogens (tertiary/aromatic N) is 1. The average molecular weight is 309 g/mol. The summed E-state index contributed by atoms with van der Waals surface area (Å²) in [6.07, 6.45) is 1.63. The fourth-order valence-electron chi connectivity index (χ4n) is 2.20. The van der Waals surface area contributed by atoms with E-state index in [2.05, 4.69) is 10.4 Å². The number of carbonyl (C=O) groups excluding carboxylic acids is 1. The van der Waals surface area contributed by atoms with Crippen molar-refractivity contribution in [2.45, 2.75) is 6.42 Å². The molecule has 0 aliphatic heterocycles. The zero-order chi connectivity index (χ0) is 15.4. The summed E-state index contributed by atoms with van der Waals surface area (Å²) in [7, 11) is 1.66. The lowest BCUT2D eigenvalue weighted by molar-refractivity contribution is 0.112. The molecule has 2 aromatic carbocycles. The van der Waals surface area contributed by atoms with Crippen molar-refractivity contribution < 1.29 is 9.53 Å². The van der Waals surface area contributed by atoms with Crippen molar-refractivity contribution in [1.82, 2.24) is 4.98 Å². The quantitative estimate of drug-likeness (QED) is 0.662. The van der Waals surface area contributed by atoms with Gasteiger partial charge in [-0.05, 0) is 17.7 Å². The predicted octanol–water partition coefficient (Wildman–Crippen LogP) is 4.22. The second-order valence-corrected chi connectivity index (χ2v) is 5.84. The number of thiazole rings is 1. The van der Waals surface area contributed by atoms with Gasteiger partial charge in [-0.2, -0.15) is 0 Å². The van der Waals surface area contributed by atoms with E-state index in [1.165, 1.54) is 0 Å². The van der Waals surface area contributed by atoms with E-state index in [-0.39, 0.29) is 0 Å². The minimum absolute atomic E-state index is 0.694. The third-order valence-corrected chi connectivity index (χ3v) is 4.24. The highest BCUT2D eigenvalue weighted by Gasteiger charge is 2.06. The molecule has 0 aliphatic rings. The fraction of sp³-hybridized carbons (Fsp3) is 0.111. The SMILES string of the molecule is COc1cccc(-c2csc(Cc3ccc(C=O)cc3)n2)c1. The van der Waals surface area contributed by atoms with Gasteiger partial charge in [0.1, 0.15) is 12.0 Å². The summed E-state index contributed by atoms with van der Waals surface area (Å²) in [4.78, 5) is 15.4. The molecule has 3 rings (SSSR count). The second kappa shape index (κ2) is 6.54. The molecule has 0 bridgehead atoms. The molecule has 0 saturated carbocycles. The normalized spacial score (nSPS) is 10.4. The van der Waals surface area contributed by atoms with Gasteiger partial charge in [-0.25, -0.2) is 4.98 Å². The molecular weight excluding hydrogens is 294 g/mol. The first-order chi connectivity index (χ1) is 10.8. The van der Waals surface area contributed by atoms with Crippen LogP contribution in [-0.4, -0.2) is 18.4 Å². The Labute approximate surface area is 133 Å². The van der Waals surface area contributed by atoms with Crippen molar-refractivity contribution in [3.8, 4) is 17.0 Å². The first-order valence-electron chi connectivity index (χ1n) is 6.91. The molecule has 22 heavy (non-hydrogen) atoms. The Kier molecular flexibility index (Phi) is 4.30. The average Bonchev–Trinajstić information content (AvgIpc) is 3.04. The Morgan fingerprint density at radius 2 is 2.00 bits per heavy atom. The smallest absolute Gasteiger partial charge is 0.150 e. The molecular formula is C18H15NO2S. The van der Waals surface area contributed by atoms with E-state index in [1.807, 2.05) is 48.5 Å². The lowest BCUT2D eigenvalue weighted by Crippen LogP contribution is -1.89. The van der Waals surface area contributed by atoms with Crippen molar-refractivity contribution >= 4 is 17.6 Å². The van der Waals surface area contributed by atoms with Crippen molar-refractivity contribution in [1.29, 1.82) is 0 Å². The van der Waals surface area contributed by atoms with Crippen LogP contribution < -0.4 is 4.74 Å². The molecule has 0 atom stereocenters. The van der Waals surface area contributed by atoms with E-state index in [9.17, 15) is 4.79 Å². The third-order valence-electron chi connectivity index (χ3n) is 3.39. The Bertz CT molecular complexity index is 778. The summed E-state index contributed by atoms with van der Waals surface area (Å²) in [6.45, 7) is 0. The molecule has 1 aromatic heterocycles. The number of benzene rings is 2. The molecule has 1 heterocycles. The first kappa shape index (κ1) is 14.5. The van der Waals surface area contributed by atoms with Crippen LogP contribution in [0.3, 0.4) is 0 Å². The lowest BCUT2D eigenvalue weighted by Gasteiger charge is -2.01. The number of aromatic nitrogens is 1. The van der Waals surface area contributed by atoms with Gasteiger partial charge in [0.05, 0.1) is 17.8 Å². The maximum atomic E-state index is 10.7. The molecule has 0 spiro atoms. The molecule has 0 amide bonds. The van der Waals surface area contributed by atoms with Gasteiger partial charge in [-0.1, -0.05) is 36.4 Å². The van der Waals surface area contributed by atoms with E-state index in [1.54, 1.807) is 18.4 Å². The van der Waals surface area contributed by atoms with Crippen LogP contribution in [0.15, 0.2) is 53.9 Å². The molecule has 110 valence electrons. The highest BCUT2D eigenvalue weighted by molar-refractivity contribution is 7.10. The standard InChI is InChI=1S/C18H15NO2S/c1-21-16-4-2-3-15(10-16)17-12-22-18(19-17)9-13-5-7-14(11-20)8-6-13/h2-8,10-12H,9H2,1H3. The Morgan fingerprint density at radius 1 is 1.18 bits per heavy atom. The Morgan fingerprint density at radius 3 is 2.73 bits per heavy atom. The zero-order valence-corrected chi connectivity index (χ0v) is 13.0. The topological polar surface area (TPSA) is 39.2 Å². The number of hydrogen-bond donors (Lipinski definition) is 0. The summed E-state index contributed by atoms with van der Waals surface area (Å²) in [5, 5.41) is 3.11. The molecule has 0 aliphatic carbocycles. The molecule has 0 saturated heterocycles. The number of ether oxygens (including phenoxy) is 1. The van der Waals surface area contributed by atoms with Crippen molar-refractivity contribution in [2.24, 2.45) is 0 Å². The van der Waals surface area contributed by atoms with Gasteiger partial charge in [-0.3, -0.25) is 4.79 Å².